The Morgan fingerprint density at radius 1 is 0.783 bits per heavy atom. The molecule has 0 spiro atoms. The molecule has 0 bridgehead atoms. The Morgan fingerprint density at radius 3 is 2.07 bits per heavy atom. The van der Waals surface area contributed by atoms with Crippen molar-refractivity contribution in [1.29, 1.82) is 0 Å². The van der Waals surface area contributed by atoms with Crippen LogP contribution in [0.5, 0.6) is 0 Å². The lowest BCUT2D eigenvalue weighted by Gasteiger charge is -2.39. The van der Waals surface area contributed by atoms with Gasteiger partial charge in [0.2, 0.25) is 29.5 Å². The van der Waals surface area contributed by atoms with E-state index in [1.165, 1.54) is 16.7 Å². The lowest BCUT2D eigenvalue weighted by molar-refractivity contribution is -0.144. The molecule has 2 heterocycles. The molecule has 46 heavy (non-hydrogen) atoms. The number of piperidine rings is 1. The number of anilines is 1. The highest BCUT2D eigenvalue weighted by molar-refractivity contribution is 6.07. The van der Waals surface area contributed by atoms with Crippen molar-refractivity contribution in [2.75, 3.05) is 18.9 Å². The van der Waals surface area contributed by atoms with Gasteiger partial charge < -0.3 is 31.1 Å². The number of amides is 6. The number of likely N-dealkylation sites (N-methyl/N-ethyl adjacent to an activating group) is 1. The van der Waals surface area contributed by atoms with Crippen LogP contribution in [0.25, 0.3) is 0 Å². The van der Waals surface area contributed by atoms with Crippen molar-refractivity contribution in [3.8, 4) is 0 Å². The first-order chi connectivity index (χ1) is 21.6. The van der Waals surface area contributed by atoms with E-state index in [0.717, 1.165) is 6.42 Å². The molecule has 4 N–H and O–H groups in total. The average molecular weight is 641 g/mol. The van der Waals surface area contributed by atoms with Gasteiger partial charge in [-0.25, -0.2) is 0 Å². The molecule has 1 aromatic carbocycles. The minimum atomic E-state index is -1.01. The van der Waals surface area contributed by atoms with Gasteiger partial charge in [-0.15, -0.1) is 0 Å². The van der Waals surface area contributed by atoms with Gasteiger partial charge in [-0.2, -0.15) is 0 Å². The van der Waals surface area contributed by atoms with Gasteiger partial charge in [0.15, 0.2) is 0 Å². The van der Waals surface area contributed by atoms with Gasteiger partial charge in [-0.05, 0) is 68.9 Å². The highest BCUT2D eigenvalue weighted by Crippen LogP contribution is 2.26. The Labute approximate surface area is 272 Å². The predicted octanol–water partition coefficient (Wildman–Crippen LogP) is 2.68. The number of carbonyl (C=O) groups excluding carboxylic acids is 6. The summed E-state index contributed by atoms with van der Waals surface area (Å²) in [5.74, 6) is -3.13. The first-order valence-electron chi connectivity index (χ1n) is 16.5. The van der Waals surface area contributed by atoms with Crippen molar-refractivity contribution in [1.82, 2.24) is 25.8 Å². The Morgan fingerprint density at radius 2 is 1.43 bits per heavy atom. The van der Waals surface area contributed by atoms with Crippen molar-refractivity contribution in [2.24, 2.45) is 17.8 Å². The van der Waals surface area contributed by atoms with Gasteiger partial charge >= 0.3 is 0 Å². The molecule has 0 radical (unpaired) electrons. The Balaban J connectivity index is 2.11. The summed E-state index contributed by atoms with van der Waals surface area (Å²) in [6.45, 7) is 13.2. The highest BCUT2D eigenvalue weighted by Gasteiger charge is 2.39. The van der Waals surface area contributed by atoms with E-state index >= 15 is 0 Å². The lowest BCUT2D eigenvalue weighted by Crippen LogP contribution is -2.59. The molecule has 254 valence electrons. The van der Waals surface area contributed by atoms with Crippen LogP contribution in [0, 0.1) is 17.8 Å². The van der Waals surface area contributed by atoms with Crippen molar-refractivity contribution < 1.29 is 28.8 Å². The summed E-state index contributed by atoms with van der Waals surface area (Å²) < 4.78 is 0. The summed E-state index contributed by atoms with van der Waals surface area (Å²) in [7, 11) is 1.56. The summed E-state index contributed by atoms with van der Waals surface area (Å²) in [5.41, 5.74) is 0.485. The number of hydrogen-bond acceptors (Lipinski definition) is 6. The fourth-order valence-corrected chi connectivity index (χ4v) is 6.01. The van der Waals surface area contributed by atoms with Crippen LogP contribution < -0.4 is 21.3 Å². The summed E-state index contributed by atoms with van der Waals surface area (Å²) >= 11 is 0. The van der Waals surface area contributed by atoms with Gasteiger partial charge in [-0.3, -0.25) is 28.8 Å². The first kappa shape index (κ1) is 36.5. The predicted molar refractivity (Wildman–Crippen MR) is 176 cm³/mol. The normalized spacial score (nSPS) is 26.0. The van der Waals surface area contributed by atoms with Crippen LogP contribution in [0.4, 0.5) is 5.69 Å². The minimum absolute atomic E-state index is 0.0281. The molecule has 5 atom stereocenters. The number of para-hydroxylation sites is 1. The minimum Gasteiger partial charge on any atom is -0.343 e. The van der Waals surface area contributed by atoms with Crippen molar-refractivity contribution in [2.45, 2.75) is 111 Å². The molecule has 2 unspecified atom stereocenters. The van der Waals surface area contributed by atoms with E-state index in [0.29, 0.717) is 32.2 Å². The summed E-state index contributed by atoms with van der Waals surface area (Å²) in [6, 6.07) is 1.95. The van der Waals surface area contributed by atoms with Crippen molar-refractivity contribution >= 4 is 41.1 Å². The van der Waals surface area contributed by atoms with Crippen molar-refractivity contribution in [3.05, 3.63) is 29.8 Å². The standard InChI is InChI=1S/C34H52N6O6/c1-19(2)17-25-30(42)38-28(21(5)6)32(44)36-24-14-10-9-13-23(24)33(45)40-16-12-11-15-26(40)34(46)39(8)27(18-20(3)4)31(43)35-22(7)29(41)37-25/h9-10,13-14,19-22,25-28H,11-12,15-18H2,1-8H3,(H,35,43)(H,36,44)(H,37,41)(H,38,42)/t22-,25?,26-,27-,28?/m0/s1. The molecule has 0 saturated carbocycles. The molecule has 12 heteroatoms. The fraction of sp³-hybridized carbons (Fsp3) is 0.647. The average Bonchev–Trinajstić information content (AvgIpc) is 3.00. The Bertz CT molecular complexity index is 1300. The summed E-state index contributed by atoms with van der Waals surface area (Å²) in [4.78, 5) is 85.3. The third kappa shape index (κ3) is 9.07. The number of fused-ring (bicyclic) bond motifs is 2. The van der Waals surface area contributed by atoms with Gasteiger partial charge in [0.1, 0.15) is 30.2 Å². The largest absolute Gasteiger partial charge is 0.343 e. The molecule has 2 aliphatic heterocycles. The number of rotatable bonds is 5. The summed E-state index contributed by atoms with van der Waals surface area (Å²) in [5, 5.41) is 11.2. The van der Waals surface area contributed by atoms with Gasteiger partial charge in [0, 0.05) is 13.6 Å². The molecule has 1 fully saturated rings. The number of nitrogens with one attached hydrogen (secondary N) is 4. The van der Waals surface area contributed by atoms with E-state index in [2.05, 4.69) is 21.3 Å². The maximum Gasteiger partial charge on any atom is 0.256 e. The topological polar surface area (TPSA) is 157 Å². The van der Waals surface area contributed by atoms with Gasteiger partial charge in [0.05, 0.1) is 11.3 Å². The van der Waals surface area contributed by atoms with Crippen LogP contribution in [0.15, 0.2) is 24.3 Å². The zero-order chi connectivity index (χ0) is 34.3. The van der Waals surface area contributed by atoms with E-state index in [4.69, 9.17) is 0 Å². The monoisotopic (exact) mass is 640 g/mol. The maximum atomic E-state index is 14.1. The van der Waals surface area contributed by atoms with E-state index in [1.807, 2.05) is 27.7 Å². The zero-order valence-electron chi connectivity index (χ0n) is 28.5. The van der Waals surface area contributed by atoms with Crippen LogP contribution >= 0.6 is 0 Å². The number of carbonyl (C=O) groups is 6. The summed E-state index contributed by atoms with van der Waals surface area (Å²) in [6.07, 6.45) is 2.50. The number of hydrogen-bond donors (Lipinski definition) is 4. The molecule has 6 amide bonds. The fourth-order valence-electron chi connectivity index (χ4n) is 6.01. The lowest BCUT2D eigenvalue weighted by atomic mass is 9.96. The molecule has 0 aliphatic carbocycles. The molecule has 2 aliphatic rings. The molecular formula is C34H52N6O6. The van der Waals surface area contributed by atoms with Gasteiger partial charge in [-0.1, -0.05) is 53.7 Å². The zero-order valence-corrected chi connectivity index (χ0v) is 28.5. The Kier molecular flexibility index (Phi) is 12.7. The van der Waals surface area contributed by atoms with Crippen LogP contribution in [-0.2, 0) is 24.0 Å². The van der Waals surface area contributed by atoms with Crippen LogP contribution in [0.2, 0.25) is 0 Å². The van der Waals surface area contributed by atoms with E-state index < -0.39 is 59.7 Å². The molecule has 0 aromatic heterocycles. The van der Waals surface area contributed by atoms with Gasteiger partial charge in [0.25, 0.3) is 5.91 Å². The highest BCUT2D eigenvalue weighted by atomic mass is 16.2. The second kappa shape index (κ2) is 16.0. The van der Waals surface area contributed by atoms with E-state index in [9.17, 15) is 28.8 Å². The second-order valence-electron chi connectivity index (χ2n) is 13.8. The van der Waals surface area contributed by atoms with Crippen LogP contribution in [0.3, 0.4) is 0 Å². The van der Waals surface area contributed by atoms with E-state index in [-0.39, 0.29) is 34.9 Å². The molecule has 1 saturated heterocycles. The maximum absolute atomic E-state index is 14.1. The van der Waals surface area contributed by atoms with E-state index in [1.54, 1.807) is 45.2 Å². The molecule has 12 nitrogen and oxygen atoms in total. The quantitative estimate of drug-likeness (QED) is 0.388. The molecule has 3 rings (SSSR count). The SMILES string of the molecule is CC(C)CC1NC(=O)[C@H](C)NC(=O)[C@H](CC(C)C)N(C)C(=O)[C@@H]2CCCCN2C(=O)c2ccccc2NC(=O)C(C(C)C)NC1=O. The third-order valence-electron chi connectivity index (χ3n) is 8.62. The van der Waals surface area contributed by atoms with Crippen LogP contribution in [-0.4, -0.2) is 89.0 Å². The van der Waals surface area contributed by atoms with Crippen molar-refractivity contribution in [3.63, 3.8) is 0 Å². The van der Waals surface area contributed by atoms with Crippen LogP contribution in [0.1, 0.15) is 90.9 Å². The second-order valence-corrected chi connectivity index (χ2v) is 13.8. The molecular weight excluding hydrogens is 588 g/mol. The molecule has 1 aromatic rings. The third-order valence-corrected chi connectivity index (χ3v) is 8.62. The smallest absolute Gasteiger partial charge is 0.256 e. The number of benzene rings is 1. The first-order valence-corrected chi connectivity index (χ1v) is 16.5. The number of nitrogens with zero attached hydrogens (tertiary/aromatic N) is 2. The Hall–Kier alpha value is -3.96.